The van der Waals surface area contributed by atoms with Crippen LogP contribution in [0.2, 0.25) is 0 Å². The maximum Gasteiger partial charge on any atom is 0.234 e. The number of hydrogen-bond donors (Lipinski definition) is 0. The molecule has 6 rings (SSSR count). The first-order chi connectivity index (χ1) is 10.7. The monoisotopic (exact) mass is 293 g/mol. The lowest BCUT2D eigenvalue weighted by molar-refractivity contribution is -0.142. The van der Waals surface area contributed by atoms with Gasteiger partial charge in [0.25, 0.3) is 0 Å². The highest BCUT2D eigenvalue weighted by Gasteiger charge is 2.67. The van der Waals surface area contributed by atoms with E-state index in [1.54, 1.807) is 4.90 Å². The quantitative estimate of drug-likeness (QED) is 0.621. The normalized spacial score (nSPS) is 42.3. The SMILES string of the molecule is C[C@@H](c1ccccc1)N1C(=O)[C@H]2[C@@H]3C=C[C@H]([C@@H]4C[C@H]34)[C@@H]2C1=O. The van der Waals surface area contributed by atoms with E-state index in [2.05, 4.69) is 12.2 Å². The molecule has 1 aromatic carbocycles. The van der Waals surface area contributed by atoms with E-state index in [-0.39, 0.29) is 29.7 Å². The van der Waals surface area contributed by atoms with Gasteiger partial charge in [-0.3, -0.25) is 14.5 Å². The first kappa shape index (κ1) is 12.6. The number of likely N-dealkylation sites (tertiary alicyclic amines) is 1. The fourth-order valence-electron chi connectivity index (χ4n) is 5.24. The zero-order valence-electron chi connectivity index (χ0n) is 12.6. The molecule has 0 spiro atoms. The van der Waals surface area contributed by atoms with Gasteiger partial charge in [0.1, 0.15) is 0 Å². The number of nitrogens with zero attached hydrogens (tertiary/aromatic N) is 1. The third-order valence-corrected chi connectivity index (χ3v) is 6.37. The predicted molar refractivity (Wildman–Crippen MR) is 81.4 cm³/mol. The molecule has 2 bridgehead atoms. The van der Waals surface area contributed by atoms with Gasteiger partial charge in [-0.15, -0.1) is 0 Å². The van der Waals surface area contributed by atoms with Crippen molar-refractivity contribution >= 4 is 11.8 Å². The number of benzene rings is 1. The van der Waals surface area contributed by atoms with Crippen LogP contribution in [0.25, 0.3) is 0 Å². The molecule has 0 radical (unpaired) electrons. The number of rotatable bonds is 2. The van der Waals surface area contributed by atoms with E-state index in [1.807, 2.05) is 37.3 Å². The standard InChI is InChI=1S/C19H19NO2/c1-10(11-5-3-2-4-6-11)20-18(21)16-12-7-8-13(15-9-14(12)15)17(16)19(20)22/h2-8,10,12-17H,9H2,1H3/t10-,12+,13+,14-,15+,16-,17-/m0/s1. The van der Waals surface area contributed by atoms with Crippen LogP contribution >= 0.6 is 0 Å². The topological polar surface area (TPSA) is 37.4 Å². The van der Waals surface area contributed by atoms with Gasteiger partial charge in [-0.2, -0.15) is 0 Å². The fraction of sp³-hybridized carbons (Fsp3) is 0.474. The van der Waals surface area contributed by atoms with Crippen LogP contribution in [0, 0.1) is 35.5 Å². The third kappa shape index (κ3) is 1.42. The average Bonchev–Trinajstić information content (AvgIpc) is 3.32. The average molecular weight is 293 g/mol. The maximum absolute atomic E-state index is 13.0. The molecular weight excluding hydrogens is 274 g/mol. The van der Waals surface area contributed by atoms with Crippen molar-refractivity contribution < 1.29 is 9.59 Å². The lowest BCUT2D eigenvalue weighted by Crippen LogP contribution is -2.40. The van der Waals surface area contributed by atoms with Gasteiger partial charge in [-0.05, 0) is 42.6 Å². The summed E-state index contributed by atoms with van der Waals surface area (Å²) < 4.78 is 0. The molecule has 2 amide bonds. The summed E-state index contributed by atoms with van der Waals surface area (Å²) in [5.74, 6) is 1.91. The summed E-state index contributed by atoms with van der Waals surface area (Å²) in [4.78, 5) is 27.5. The Hall–Kier alpha value is -1.90. The molecule has 4 aliphatic carbocycles. The highest BCUT2D eigenvalue weighted by molar-refractivity contribution is 6.06. The summed E-state index contributed by atoms with van der Waals surface area (Å²) in [6, 6.07) is 9.72. The van der Waals surface area contributed by atoms with E-state index < -0.39 is 0 Å². The Morgan fingerprint density at radius 1 is 0.955 bits per heavy atom. The highest BCUT2D eigenvalue weighted by atomic mass is 16.2. The molecule has 0 unspecified atom stereocenters. The molecule has 112 valence electrons. The molecule has 2 saturated carbocycles. The summed E-state index contributed by atoms with van der Waals surface area (Å²) >= 11 is 0. The van der Waals surface area contributed by atoms with Crippen molar-refractivity contribution in [2.24, 2.45) is 35.5 Å². The molecule has 5 aliphatic rings. The zero-order chi connectivity index (χ0) is 15.0. The first-order valence-corrected chi connectivity index (χ1v) is 8.28. The number of hydrogen-bond acceptors (Lipinski definition) is 2. The van der Waals surface area contributed by atoms with Crippen molar-refractivity contribution in [3.8, 4) is 0 Å². The van der Waals surface area contributed by atoms with Crippen molar-refractivity contribution in [2.45, 2.75) is 19.4 Å². The second-order valence-corrected chi connectivity index (χ2v) is 7.29. The minimum atomic E-state index is -0.164. The molecule has 3 heteroatoms. The Kier molecular flexibility index (Phi) is 2.35. The molecule has 1 aromatic rings. The molecule has 1 saturated heterocycles. The number of imide groups is 1. The van der Waals surface area contributed by atoms with Crippen molar-refractivity contribution in [3.63, 3.8) is 0 Å². The summed E-state index contributed by atoms with van der Waals surface area (Å²) in [7, 11) is 0. The summed E-state index contributed by atoms with van der Waals surface area (Å²) in [5, 5.41) is 0. The van der Waals surface area contributed by atoms with Crippen molar-refractivity contribution in [2.75, 3.05) is 0 Å². The van der Waals surface area contributed by atoms with E-state index in [0.29, 0.717) is 23.7 Å². The largest absolute Gasteiger partial charge is 0.275 e. The molecule has 0 N–H and O–H groups in total. The predicted octanol–water partition coefficient (Wildman–Crippen LogP) is 2.80. The zero-order valence-corrected chi connectivity index (χ0v) is 12.6. The Morgan fingerprint density at radius 2 is 1.50 bits per heavy atom. The van der Waals surface area contributed by atoms with E-state index in [1.165, 1.54) is 6.42 Å². The van der Waals surface area contributed by atoms with Crippen molar-refractivity contribution in [3.05, 3.63) is 48.0 Å². The molecule has 0 aromatic heterocycles. The van der Waals surface area contributed by atoms with Crippen LogP contribution < -0.4 is 0 Å². The summed E-state index contributed by atoms with van der Waals surface area (Å²) in [6.07, 6.45) is 5.66. The smallest absolute Gasteiger partial charge is 0.234 e. The molecule has 3 nitrogen and oxygen atoms in total. The lowest BCUT2D eigenvalue weighted by atomic mass is 9.63. The molecule has 1 aliphatic heterocycles. The Bertz CT molecular complexity index is 659. The van der Waals surface area contributed by atoms with Crippen LogP contribution in [0.4, 0.5) is 0 Å². The molecule has 1 heterocycles. The van der Waals surface area contributed by atoms with Gasteiger partial charge in [-0.25, -0.2) is 0 Å². The third-order valence-electron chi connectivity index (χ3n) is 6.37. The number of carbonyl (C=O) groups is 2. The minimum absolute atomic E-state index is 0.0658. The van der Waals surface area contributed by atoms with E-state index in [9.17, 15) is 9.59 Å². The van der Waals surface area contributed by atoms with Gasteiger partial charge >= 0.3 is 0 Å². The van der Waals surface area contributed by atoms with Crippen LogP contribution in [-0.2, 0) is 9.59 Å². The van der Waals surface area contributed by atoms with Gasteiger partial charge in [0.05, 0.1) is 17.9 Å². The Balaban J connectivity index is 1.52. The van der Waals surface area contributed by atoms with Gasteiger partial charge in [0, 0.05) is 0 Å². The number of amides is 2. The second kappa shape index (κ2) is 4.09. The van der Waals surface area contributed by atoms with E-state index in [4.69, 9.17) is 0 Å². The second-order valence-electron chi connectivity index (χ2n) is 7.29. The fourth-order valence-corrected chi connectivity index (χ4v) is 5.24. The van der Waals surface area contributed by atoms with Crippen LogP contribution in [0.15, 0.2) is 42.5 Å². The molecule has 7 atom stereocenters. The van der Waals surface area contributed by atoms with Crippen molar-refractivity contribution in [1.29, 1.82) is 0 Å². The Labute approximate surface area is 130 Å². The van der Waals surface area contributed by atoms with Crippen LogP contribution in [-0.4, -0.2) is 16.7 Å². The summed E-state index contributed by atoms with van der Waals surface area (Å²) in [5.41, 5.74) is 1.04. The minimum Gasteiger partial charge on any atom is -0.275 e. The highest BCUT2D eigenvalue weighted by Crippen LogP contribution is 2.65. The lowest BCUT2D eigenvalue weighted by Gasteiger charge is -2.37. The van der Waals surface area contributed by atoms with Gasteiger partial charge in [0.2, 0.25) is 11.8 Å². The van der Waals surface area contributed by atoms with Gasteiger partial charge in [0.15, 0.2) is 0 Å². The van der Waals surface area contributed by atoms with Gasteiger partial charge in [-0.1, -0.05) is 42.5 Å². The first-order valence-electron chi connectivity index (χ1n) is 8.28. The number of carbonyl (C=O) groups excluding carboxylic acids is 2. The van der Waals surface area contributed by atoms with Crippen LogP contribution in [0.1, 0.15) is 24.9 Å². The summed E-state index contributed by atoms with van der Waals surface area (Å²) in [6.45, 7) is 1.97. The Morgan fingerprint density at radius 3 is 2.05 bits per heavy atom. The maximum atomic E-state index is 13.0. The van der Waals surface area contributed by atoms with Crippen molar-refractivity contribution in [1.82, 2.24) is 4.90 Å². The molecule has 3 fully saturated rings. The molecule has 22 heavy (non-hydrogen) atoms. The van der Waals surface area contributed by atoms with E-state index >= 15 is 0 Å². The molecular formula is C19H19NO2. The van der Waals surface area contributed by atoms with Crippen LogP contribution in [0.3, 0.4) is 0 Å². The number of allylic oxidation sites excluding steroid dienone is 2. The van der Waals surface area contributed by atoms with E-state index in [0.717, 1.165) is 5.56 Å². The van der Waals surface area contributed by atoms with Crippen LogP contribution in [0.5, 0.6) is 0 Å². The van der Waals surface area contributed by atoms with Gasteiger partial charge < -0.3 is 0 Å².